The predicted octanol–water partition coefficient (Wildman–Crippen LogP) is 2.77. The van der Waals surface area contributed by atoms with E-state index in [2.05, 4.69) is 10.5 Å². The molecule has 1 aliphatic rings. The lowest BCUT2D eigenvalue weighted by Crippen LogP contribution is -2.23. The van der Waals surface area contributed by atoms with Gasteiger partial charge in [0.2, 0.25) is 5.91 Å². The molecule has 1 aliphatic heterocycles. The lowest BCUT2D eigenvalue weighted by molar-refractivity contribution is -0.121. The van der Waals surface area contributed by atoms with E-state index in [0.29, 0.717) is 24.6 Å². The Hall–Kier alpha value is -2.14. The second kappa shape index (κ2) is 7.22. The maximum Gasteiger partial charge on any atom is 0.220 e. The van der Waals surface area contributed by atoms with Gasteiger partial charge in [-0.25, -0.2) is 0 Å². The molecular weight excluding hydrogens is 280 g/mol. The van der Waals surface area contributed by atoms with Crippen molar-refractivity contribution in [3.8, 4) is 11.3 Å². The minimum atomic E-state index is 0.0520. The Morgan fingerprint density at radius 1 is 1.32 bits per heavy atom. The molecule has 0 aliphatic carbocycles. The summed E-state index contributed by atoms with van der Waals surface area (Å²) in [5.41, 5.74) is 1.71. The van der Waals surface area contributed by atoms with E-state index in [4.69, 9.17) is 9.26 Å². The third-order valence-electron chi connectivity index (χ3n) is 3.89. The van der Waals surface area contributed by atoms with Crippen LogP contribution >= 0.6 is 0 Å². The summed E-state index contributed by atoms with van der Waals surface area (Å²) in [5.74, 6) is 1.30. The number of rotatable bonds is 6. The molecule has 1 N–H and O–H groups in total. The van der Waals surface area contributed by atoms with E-state index in [-0.39, 0.29) is 5.91 Å². The maximum atomic E-state index is 11.8. The highest BCUT2D eigenvalue weighted by molar-refractivity contribution is 5.75. The number of aromatic nitrogens is 1. The molecule has 116 valence electrons. The Morgan fingerprint density at radius 2 is 2.18 bits per heavy atom. The molecule has 2 heterocycles. The molecule has 22 heavy (non-hydrogen) atoms. The molecule has 5 nitrogen and oxygen atoms in total. The van der Waals surface area contributed by atoms with Crippen molar-refractivity contribution < 1.29 is 14.1 Å². The third-order valence-corrected chi connectivity index (χ3v) is 3.89. The zero-order chi connectivity index (χ0) is 15.2. The van der Waals surface area contributed by atoms with Crippen molar-refractivity contribution in [2.24, 2.45) is 5.92 Å². The number of carbonyl (C=O) groups excluding carboxylic acids is 1. The number of benzene rings is 1. The molecule has 1 fully saturated rings. The third kappa shape index (κ3) is 3.95. The first-order chi connectivity index (χ1) is 10.8. The first kappa shape index (κ1) is 14.8. The van der Waals surface area contributed by atoms with Crippen LogP contribution in [0, 0.1) is 5.92 Å². The van der Waals surface area contributed by atoms with Crippen LogP contribution in [0.15, 0.2) is 40.9 Å². The Morgan fingerprint density at radius 3 is 2.95 bits per heavy atom. The van der Waals surface area contributed by atoms with E-state index in [1.165, 1.54) is 0 Å². The van der Waals surface area contributed by atoms with E-state index in [9.17, 15) is 4.79 Å². The molecule has 2 aromatic rings. The van der Waals surface area contributed by atoms with Crippen LogP contribution in [0.1, 0.15) is 25.0 Å². The van der Waals surface area contributed by atoms with Crippen LogP contribution in [0.3, 0.4) is 0 Å². The van der Waals surface area contributed by atoms with Gasteiger partial charge >= 0.3 is 0 Å². The largest absolute Gasteiger partial charge is 0.381 e. The molecule has 1 atom stereocenters. The predicted molar refractivity (Wildman–Crippen MR) is 81.9 cm³/mol. The van der Waals surface area contributed by atoms with E-state index < -0.39 is 0 Å². The number of carbonyl (C=O) groups is 1. The Balaban J connectivity index is 1.45. The van der Waals surface area contributed by atoms with Crippen molar-refractivity contribution in [1.29, 1.82) is 0 Å². The highest BCUT2D eigenvalue weighted by atomic mass is 16.5. The standard InChI is InChI=1S/C17H20N2O3/c20-17(7-6-13-8-9-21-12-13)18-11-15-10-16(22-19-15)14-4-2-1-3-5-14/h1-5,10,13H,6-9,11-12H2,(H,18,20)/t13-/m1/s1. The lowest BCUT2D eigenvalue weighted by atomic mass is 10.0. The smallest absolute Gasteiger partial charge is 0.220 e. The van der Waals surface area contributed by atoms with E-state index >= 15 is 0 Å². The van der Waals surface area contributed by atoms with Crippen molar-refractivity contribution in [3.63, 3.8) is 0 Å². The summed E-state index contributed by atoms with van der Waals surface area (Å²) < 4.78 is 10.6. The summed E-state index contributed by atoms with van der Waals surface area (Å²) in [6.07, 6.45) is 2.49. The highest BCUT2D eigenvalue weighted by Gasteiger charge is 2.16. The summed E-state index contributed by atoms with van der Waals surface area (Å²) in [5, 5.41) is 6.88. The molecule has 0 saturated carbocycles. The summed E-state index contributed by atoms with van der Waals surface area (Å²) >= 11 is 0. The van der Waals surface area contributed by atoms with E-state index in [1.54, 1.807) is 0 Å². The Bertz CT molecular complexity index is 603. The van der Waals surface area contributed by atoms with Crippen LogP contribution < -0.4 is 5.32 Å². The summed E-state index contributed by atoms with van der Waals surface area (Å²) in [6, 6.07) is 11.6. The summed E-state index contributed by atoms with van der Waals surface area (Å²) in [7, 11) is 0. The molecular formula is C17H20N2O3. The SMILES string of the molecule is O=C(CC[C@@H]1CCOC1)NCc1cc(-c2ccccc2)on1. The van der Waals surface area contributed by atoms with Gasteiger partial charge in [-0.15, -0.1) is 0 Å². The van der Waals surface area contributed by atoms with E-state index in [0.717, 1.165) is 37.3 Å². The topological polar surface area (TPSA) is 64.4 Å². The molecule has 0 bridgehead atoms. The Labute approximate surface area is 129 Å². The number of nitrogens with zero attached hydrogens (tertiary/aromatic N) is 1. The van der Waals surface area contributed by atoms with Gasteiger partial charge in [0, 0.05) is 31.3 Å². The van der Waals surface area contributed by atoms with Gasteiger partial charge in [0.05, 0.1) is 6.54 Å². The van der Waals surface area contributed by atoms with Crippen molar-refractivity contribution in [2.45, 2.75) is 25.8 Å². The van der Waals surface area contributed by atoms with Crippen LogP contribution in [-0.4, -0.2) is 24.3 Å². The normalized spacial score (nSPS) is 17.5. The number of nitrogens with one attached hydrogen (secondary N) is 1. The fraction of sp³-hybridized carbons (Fsp3) is 0.412. The first-order valence-electron chi connectivity index (χ1n) is 7.67. The maximum absolute atomic E-state index is 11.8. The van der Waals surface area contributed by atoms with Crippen LogP contribution in [0.2, 0.25) is 0 Å². The number of ether oxygens (including phenoxy) is 1. The van der Waals surface area contributed by atoms with Gasteiger partial charge in [0.1, 0.15) is 5.69 Å². The van der Waals surface area contributed by atoms with Gasteiger partial charge in [-0.05, 0) is 18.8 Å². The number of hydrogen-bond acceptors (Lipinski definition) is 4. The molecule has 1 amide bonds. The van der Waals surface area contributed by atoms with E-state index in [1.807, 2.05) is 36.4 Å². The molecule has 0 radical (unpaired) electrons. The van der Waals surface area contributed by atoms with Gasteiger partial charge in [-0.2, -0.15) is 0 Å². The van der Waals surface area contributed by atoms with Crippen molar-refractivity contribution >= 4 is 5.91 Å². The second-order valence-electron chi connectivity index (χ2n) is 5.59. The first-order valence-corrected chi connectivity index (χ1v) is 7.67. The molecule has 0 spiro atoms. The van der Waals surface area contributed by atoms with Gasteiger partial charge in [0.15, 0.2) is 5.76 Å². The zero-order valence-electron chi connectivity index (χ0n) is 12.5. The molecule has 0 unspecified atom stereocenters. The summed E-state index contributed by atoms with van der Waals surface area (Å²) in [6.45, 7) is 2.01. The van der Waals surface area contributed by atoms with Crippen molar-refractivity contribution in [2.75, 3.05) is 13.2 Å². The average Bonchev–Trinajstić information content (AvgIpc) is 3.23. The highest BCUT2D eigenvalue weighted by Crippen LogP contribution is 2.20. The van der Waals surface area contributed by atoms with Gasteiger partial charge < -0.3 is 14.6 Å². The quantitative estimate of drug-likeness (QED) is 0.891. The molecule has 5 heteroatoms. The summed E-state index contributed by atoms with van der Waals surface area (Å²) in [4.78, 5) is 11.8. The van der Waals surface area contributed by atoms with Crippen molar-refractivity contribution in [3.05, 3.63) is 42.1 Å². The number of hydrogen-bond donors (Lipinski definition) is 1. The molecule has 1 aromatic carbocycles. The Kier molecular flexibility index (Phi) is 4.85. The van der Waals surface area contributed by atoms with Crippen LogP contribution in [0.4, 0.5) is 0 Å². The van der Waals surface area contributed by atoms with Gasteiger partial charge in [0.25, 0.3) is 0 Å². The fourth-order valence-corrected chi connectivity index (χ4v) is 2.56. The zero-order valence-corrected chi connectivity index (χ0v) is 12.5. The fourth-order valence-electron chi connectivity index (χ4n) is 2.56. The van der Waals surface area contributed by atoms with Gasteiger partial charge in [-0.1, -0.05) is 35.5 Å². The minimum absolute atomic E-state index is 0.0520. The average molecular weight is 300 g/mol. The van der Waals surface area contributed by atoms with Crippen molar-refractivity contribution in [1.82, 2.24) is 10.5 Å². The monoisotopic (exact) mass is 300 g/mol. The molecule has 3 rings (SSSR count). The number of amides is 1. The van der Waals surface area contributed by atoms with Crippen LogP contribution in [-0.2, 0) is 16.1 Å². The van der Waals surface area contributed by atoms with Gasteiger partial charge in [-0.3, -0.25) is 4.79 Å². The lowest BCUT2D eigenvalue weighted by Gasteiger charge is -2.06. The molecule has 1 aromatic heterocycles. The molecule has 1 saturated heterocycles. The minimum Gasteiger partial charge on any atom is -0.381 e. The second-order valence-corrected chi connectivity index (χ2v) is 5.59. The van der Waals surface area contributed by atoms with Crippen LogP contribution in [0.25, 0.3) is 11.3 Å². The van der Waals surface area contributed by atoms with Crippen LogP contribution in [0.5, 0.6) is 0 Å².